The molecule has 0 bridgehead atoms. The molecule has 1 aromatic heterocycles. The van der Waals surface area contributed by atoms with Gasteiger partial charge < -0.3 is 15.6 Å². The Balaban J connectivity index is 2.54. The van der Waals surface area contributed by atoms with E-state index in [0.717, 1.165) is 12.1 Å². The lowest BCUT2D eigenvalue weighted by molar-refractivity contribution is -0.121. The van der Waals surface area contributed by atoms with E-state index >= 15 is 0 Å². The largest absolute Gasteiger partial charge is 0.356 e. The van der Waals surface area contributed by atoms with Gasteiger partial charge in [-0.15, -0.1) is 0 Å². The van der Waals surface area contributed by atoms with Gasteiger partial charge in [0.2, 0.25) is 5.91 Å². The number of aromatic nitrogens is 2. The second-order valence-corrected chi connectivity index (χ2v) is 3.73. The van der Waals surface area contributed by atoms with Gasteiger partial charge in [0.15, 0.2) is 0 Å². The number of hydrogen-bond acceptors (Lipinski definition) is 3. The van der Waals surface area contributed by atoms with Crippen molar-refractivity contribution in [2.75, 3.05) is 6.54 Å². The Morgan fingerprint density at radius 1 is 1.62 bits per heavy atom. The van der Waals surface area contributed by atoms with E-state index in [9.17, 15) is 4.79 Å². The summed E-state index contributed by atoms with van der Waals surface area (Å²) in [5.74, 6) is 0.0622. The lowest BCUT2D eigenvalue weighted by Gasteiger charge is -2.12. The van der Waals surface area contributed by atoms with Crippen LogP contribution in [0.15, 0.2) is 12.5 Å². The average Bonchev–Trinajstić information content (AvgIpc) is 2.74. The van der Waals surface area contributed by atoms with Crippen LogP contribution in [0.4, 0.5) is 0 Å². The number of carbonyl (C=O) groups is 1. The first-order valence-electron chi connectivity index (χ1n) is 5.71. The summed E-state index contributed by atoms with van der Waals surface area (Å²) >= 11 is 0. The molecular formula is C11H20N4O. The fourth-order valence-electron chi connectivity index (χ4n) is 1.54. The summed E-state index contributed by atoms with van der Waals surface area (Å²) in [6, 6.07) is -0.00302. The van der Waals surface area contributed by atoms with Gasteiger partial charge in [-0.1, -0.05) is 6.92 Å². The summed E-state index contributed by atoms with van der Waals surface area (Å²) in [5.41, 5.74) is 6.94. The number of hydrogen-bond donors (Lipinski definition) is 2. The SMILES string of the molecule is CCNC(=O)CCn1cncc1[C@H](N)CC. The number of imidazole rings is 1. The van der Waals surface area contributed by atoms with Crippen LogP contribution >= 0.6 is 0 Å². The Bertz CT molecular complexity index is 334. The highest BCUT2D eigenvalue weighted by Crippen LogP contribution is 2.13. The summed E-state index contributed by atoms with van der Waals surface area (Å²) in [4.78, 5) is 15.4. The molecule has 1 amide bonds. The highest BCUT2D eigenvalue weighted by Gasteiger charge is 2.10. The molecule has 3 N–H and O–H groups in total. The molecule has 0 aliphatic heterocycles. The highest BCUT2D eigenvalue weighted by molar-refractivity contribution is 5.75. The third kappa shape index (κ3) is 3.34. The monoisotopic (exact) mass is 224 g/mol. The molecule has 0 fully saturated rings. The summed E-state index contributed by atoms with van der Waals surface area (Å²) in [6.07, 6.45) is 4.83. The third-order valence-corrected chi connectivity index (χ3v) is 2.52. The molecule has 0 spiro atoms. The molecule has 90 valence electrons. The molecule has 1 heterocycles. The molecule has 1 rings (SSSR count). The molecule has 1 aromatic rings. The molecule has 0 aliphatic carbocycles. The fourth-order valence-corrected chi connectivity index (χ4v) is 1.54. The molecule has 0 aromatic carbocycles. The molecule has 5 nitrogen and oxygen atoms in total. The lowest BCUT2D eigenvalue weighted by atomic mass is 10.2. The second kappa shape index (κ2) is 6.27. The van der Waals surface area contributed by atoms with Crippen molar-refractivity contribution in [3.63, 3.8) is 0 Å². The van der Waals surface area contributed by atoms with E-state index in [1.54, 1.807) is 12.5 Å². The molecule has 0 unspecified atom stereocenters. The Labute approximate surface area is 96.0 Å². The Morgan fingerprint density at radius 2 is 2.38 bits per heavy atom. The van der Waals surface area contributed by atoms with Crippen LogP contribution in [0.5, 0.6) is 0 Å². The molecule has 16 heavy (non-hydrogen) atoms. The number of nitrogens with two attached hydrogens (primary N) is 1. The van der Waals surface area contributed by atoms with Crippen molar-refractivity contribution in [2.24, 2.45) is 5.73 Å². The van der Waals surface area contributed by atoms with Crippen LogP contribution in [0.3, 0.4) is 0 Å². The zero-order chi connectivity index (χ0) is 12.0. The Kier molecular flexibility index (Phi) is 4.98. The van der Waals surface area contributed by atoms with Gasteiger partial charge in [-0.25, -0.2) is 4.98 Å². The van der Waals surface area contributed by atoms with Gasteiger partial charge in [-0.05, 0) is 13.3 Å². The van der Waals surface area contributed by atoms with Crippen molar-refractivity contribution in [1.29, 1.82) is 0 Å². The smallest absolute Gasteiger partial charge is 0.221 e. The molecule has 1 atom stereocenters. The minimum atomic E-state index is -0.00302. The van der Waals surface area contributed by atoms with E-state index in [0.29, 0.717) is 19.5 Å². The van der Waals surface area contributed by atoms with Crippen LogP contribution in [0.2, 0.25) is 0 Å². The first-order valence-corrected chi connectivity index (χ1v) is 5.71. The molecule has 0 saturated heterocycles. The van der Waals surface area contributed by atoms with Crippen molar-refractivity contribution in [3.05, 3.63) is 18.2 Å². The molecule has 0 radical (unpaired) electrons. The summed E-state index contributed by atoms with van der Waals surface area (Å²) in [6.45, 7) is 5.25. The number of rotatable bonds is 6. The number of nitrogens with one attached hydrogen (secondary N) is 1. The number of carbonyl (C=O) groups excluding carboxylic acids is 1. The Hall–Kier alpha value is -1.36. The molecular weight excluding hydrogens is 204 g/mol. The topological polar surface area (TPSA) is 72.9 Å². The maximum absolute atomic E-state index is 11.3. The fraction of sp³-hybridized carbons (Fsp3) is 0.636. The van der Waals surface area contributed by atoms with Gasteiger partial charge in [0.05, 0.1) is 12.0 Å². The minimum Gasteiger partial charge on any atom is -0.356 e. The first-order chi connectivity index (χ1) is 7.69. The van der Waals surface area contributed by atoms with Crippen LogP contribution in [-0.4, -0.2) is 22.0 Å². The van der Waals surface area contributed by atoms with E-state index in [4.69, 9.17) is 5.73 Å². The maximum atomic E-state index is 11.3. The first kappa shape index (κ1) is 12.7. The van der Waals surface area contributed by atoms with Gasteiger partial charge in [0.1, 0.15) is 0 Å². The van der Waals surface area contributed by atoms with Crippen LogP contribution in [0, 0.1) is 0 Å². The molecule has 5 heteroatoms. The van der Waals surface area contributed by atoms with Crippen molar-refractivity contribution < 1.29 is 4.79 Å². The predicted octanol–water partition coefficient (Wildman–Crippen LogP) is 0.819. The van der Waals surface area contributed by atoms with E-state index < -0.39 is 0 Å². The summed E-state index contributed by atoms with van der Waals surface area (Å²) in [5, 5.41) is 2.77. The number of nitrogens with zero attached hydrogens (tertiary/aromatic N) is 2. The molecule has 0 aliphatic rings. The lowest BCUT2D eigenvalue weighted by Crippen LogP contribution is -2.24. The van der Waals surface area contributed by atoms with Crippen molar-refractivity contribution >= 4 is 5.91 Å². The van der Waals surface area contributed by atoms with Crippen LogP contribution < -0.4 is 11.1 Å². The number of amides is 1. The van der Waals surface area contributed by atoms with Gasteiger partial charge in [0, 0.05) is 31.7 Å². The van der Waals surface area contributed by atoms with Gasteiger partial charge in [-0.3, -0.25) is 4.79 Å². The normalized spacial score (nSPS) is 12.4. The van der Waals surface area contributed by atoms with Crippen molar-refractivity contribution in [2.45, 2.75) is 39.3 Å². The third-order valence-electron chi connectivity index (χ3n) is 2.52. The highest BCUT2D eigenvalue weighted by atomic mass is 16.1. The van der Waals surface area contributed by atoms with E-state index in [2.05, 4.69) is 10.3 Å². The quantitative estimate of drug-likeness (QED) is 0.751. The van der Waals surface area contributed by atoms with Crippen LogP contribution in [0.1, 0.15) is 38.4 Å². The summed E-state index contributed by atoms with van der Waals surface area (Å²) in [7, 11) is 0. The average molecular weight is 224 g/mol. The molecule has 0 saturated carbocycles. The maximum Gasteiger partial charge on any atom is 0.221 e. The van der Waals surface area contributed by atoms with E-state index in [-0.39, 0.29) is 11.9 Å². The Morgan fingerprint density at radius 3 is 3.00 bits per heavy atom. The second-order valence-electron chi connectivity index (χ2n) is 3.73. The van der Waals surface area contributed by atoms with Crippen molar-refractivity contribution in [3.8, 4) is 0 Å². The zero-order valence-electron chi connectivity index (χ0n) is 9.94. The van der Waals surface area contributed by atoms with Gasteiger partial charge in [0.25, 0.3) is 0 Å². The zero-order valence-corrected chi connectivity index (χ0v) is 9.94. The minimum absolute atomic E-state index is 0.00302. The van der Waals surface area contributed by atoms with E-state index in [1.165, 1.54) is 0 Å². The van der Waals surface area contributed by atoms with Crippen LogP contribution in [0.25, 0.3) is 0 Å². The summed E-state index contributed by atoms with van der Waals surface area (Å²) < 4.78 is 1.95. The van der Waals surface area contributed by atoms with E-state index in [1.807, 2.05) is 18.4 Å². The van der Waals surface area contributed by atoms with Crippen LogP contribution in [-0.2, 0) is 11.3 Å². The van der Waals surface area contributed by atoms with Crippen molar-refractivity contribution in [1.82, 2.24) is 14.9 Å². The predicted molar refractivity (Wildman–Crippen MR) is 62.7 cm³/mol. The van der Waals surface area contributed by atoms with Gasteiger partial charge in [-0.2, -0.15) is 0 Å². The number of aryl methyl sites for hydroxylation is 1. The van der Waals surface area contributed by atoms with Gasteiger partial charge >= 0.3 is 0 Å². The standard InChI is InChI=1S/C11H20N4O/c1-3-9(12)10-7-13-8-15(10)6-5-11(16)14-4-2/h7-9H,3-6,12H2,1-2H3,(H,14,16)/t9-/m1/s1.